The maximum absolute atomic E-state index is 6.83. The molecule has 2 heterocycles. The first-order chi connectivity index (χ1) is 15.6. The summed E-state index contributed by atoms with van der Waals surface area (Å²) >= 11 is 0. The van der Waals surface area contributed by atoms with Crippen molar-refractivity contribution in [1.82, 2.24) is 0 Å². The van der Waals surface area contributed by atoms with E-state index >= 15 is 0 Å². The summed E-state index contributed by atoms with van der Waals surface area (Å²) in [5, 5.41) is 7.26. The van der Waals surface area contributed by atoms with E-state index < -0.39 is 8.16 Å². The van der Waals surface area contributed by atoms with Crippen molar-refractivity contribution in [2.45, 2.75) is 33.6 Å². The topological polar surface area (TPSA) is 29.5 Å². The van der Waals surface area contributed by atoms with Crippen LogP contribution in [0.1, 0.15) is 30.9 Å². The number of piperidine rings is 1. The van der Waals surface area contributed by atoms with Gasteiger partial charge < -0.3 is 8.39 Å². The Morgan fingerprint density at radius 3 is 1.72 bits per heavy atom. The second kappa shape index (κ2) is 7.69. The van der Waals surface area contributed by atoms with E-state index in [-0.39, 0.29) is 0 Å². The fraction of sp³-hybridized carbons (Fsp3) is 0.286. The van der Waals surface area contributed by atoms with Gasteiger partial charge in [0.1, 0.15) is 11.2 Å². The van der Waals surface area contributed by atoms with E-state index in [0.717, 1.165) is 30.2 Å². The Hall–Kier alpha value is -2.74. The molecule has 0 N–H and O–H groups in total. The highest BCUT2D eigenvalue weighted by atomic mass is 31.1. The van der Waals surface area contributed by atoms with Gasteiger partial charge >= 0.3 is 8.16 Å². The number of rotatable bonds is 1. The lowest BCUT2D eigenvalue weighted by atomic mass is 9.95. The van der Waals surface area contributed by atoms with Crippen LogP contribution in [0.4, 0.5) is 0 Å². The molecule has 0 bridgehead atoms. The van der Waals surface area contributed by atoms with Crippen molar-refractivity contribution in [2.24, 2.45) is 5.92 Å². The molecule has 1 aliphatic heterocycles. The molecule has 4 heteroatoms. The van der Waals surface area contributed by atoms with Crippen molar-refractivity contribution < 1.29 is 8.39 Å². The van der Waals surface area contributed by atoms with Crippen LogP contribution in [-0.2, 0) is 0 Å². The van der Waals surface area contributed by atoms with Crippen LogP contribution in [0.5, 0.6) is 0 Å². The van der Waals surface area contributed by atoms with Gasteiger partial charge in [0.15, 0.2) is 0 Å². The zero-order chi connectivity index (χ0) is 21.8. The Morgan fingerprint density at radius 2 is 1.22 bits per heavy atom. The summed E-state index contributed by atoms with van der Waals surface area (Å²) in [7, 11) is -1.22. The molecule has 0 saturated carbocycles. The minimum Gasteiger partial charge on any atom is -0.407 e. The van der Waals surface area contributed by atoms with Crippen LogP contribution in [-0.4, -0.2) is 13.1 Å². The third-order valence-corrected chi connectivity index (χ3v) is 8.49. The fourth-order valence-electron chi connectivity index (χ4n) is 5.12. The van der Waals surface area contributed by atoms with Crippen LogP contribution in [0, 0.1) is 19.8 Å². The van der Waals surface area contributed by atoms with Gasteiger partial charge in [0.25, 0.3) is 0 Å². The Morgan fingerprint density at radius 1 is 0.750 bits per heavy atom. The molecule has 1 saturated heterocycles. The van der Waals surface area contributed by atoms with Crippen molar-refractivity contribution in [3.8, 4) is 0 Å². The first-order valence-electron chi connectivity index (χ1n) is 11.6. The molecule has 162 valence electrons. The summed E-state index contributed by atoms with van der Waals surface area (Å²) in [4.78, 5) is 0. The number of benzene rings is 4. The molecule has 0 aliphatic carbocycles. The molecule has 0 atom stereocenters. The first kappa shape index (κ1) is 19.9. The van der Waals surface area contributed by atoms with Gasteiger partial charge in [-0.25, -0.2) is 4.67 Å². The number of hydrogen-bond acceptors (Lipinski definition) is 3. The van der Waals surface area contributed by atoms with Gasteiger partial charge in [-0.15, -0.1) is 0 Å². The Bertz CT molecular complexity index is 1420. The highest BCUT2D eigenvalue weighted by Gasteiger charge is 2.23. The van der Waals surface area contributed by atoms with Crippen molar-refractivity contribution >= 4 is 51.6 Å². The summed E-state index contributed by atoms with van der Waals surface area (Å²) in [6.45, 7) is 8.73. The van der Waals surface area contributed by atoms with Crippen molar-refractivity contribution in [2.75, 3.05) is 17.8 Å². The molecule has 1 fully saturated rings. The number of aryl methyl sites for hydroxylation is 2. The molecule has 3 nitrogen and oxygen atoms in total. The largest absolute Gasteiger partial charge is 0.407 e. The van der Waals surface area contributed by atoms with Crippen molar-refractivity contribution in [3.05, 3.63) is 71.8 Å². The number of nitrogens with zero attached hydrogens (tertiary/aromatic N) is 1. The van der Waals surface area contributed by atoms with Gasteiger partial charge in [0.05, 0.1) is 0 Å². The minimum absolute atomic E-state index is 0.768. The number of fused-ring (bicyclic) bond motifs is 7. The predicted molar refractivity (Wildman–Crippen MR) is 137 cm³/mol. The standard InChI is InChI=1S/C28H28NO2P/c1-18-12-14-29(15-13-18)32-30-27-19(2)16-21-8-4-6-10-23(21)25(27)26-24-11-7-5-9-22(24)17-20(3)28(26)31-32/h4-11,16-18H,12-15H2,1-3H3. The lowest BCUT2D eigenvalue weighted by molar-refractivity contribution is 0.441. The van der Waals surface area contributed by atoms with E-state index in [1.807, 2.05) is 0 Å². The van der Waals surface area contributed by atoms with E-state index in [1.165, 1.54) is 56.3 Å². The van der Waals surface area contributed by atoms with Gasteiger partial charge in [0, 0.05) is 23.9 Å². The molecule has 6 rings (SSSR count). The smallest absolute Gasteiger partial charge is 0.309 e. The molecule has 4 aromatic carbocycles. The molecule has 0 spiro atoms. The zero-order valence-electron chi connectivity index (χ0n) is 18.9. The average molecular weight is 442 g/mol. The lowest BCUT2D eigenvalue weighted by Gasteiger charge is -2.26. The molecular formula is C28H28NO2P. The SMILES string of the molecule is Cc1cc2ccccc2c2c1op(N1CCC(C)CC1)oc1c(C)cc3ccccc3c12. The maximum Gasteiger partial charge on any atom is 0.309 e. The number of hydrogen-bond donors (Lipinski definition) is 0. The van der Waals surface area contributed by atoms with E-state index in [9.17, 15) is 0 Å². The van der Waals surface area contributed by atoms with Crippen LogP contribution in [0.15, 0.2) is 69.1 Å². The van der Waals surface area contributed by atoms with Crippen LogP contribution in [0.2, 0.25) is 0 Å². The summed E-state index contributed by atoms with van der Waals surface area (Å²) in [5.41, 5.74) is 4.28. The van der Waals surface area contributed by atoms with E-state index in [4.69, 9.17) is 8.39 Å². The van der Waals surface area contributed by atoms with Crippen LogP contribution >= 0.6 is 8.16 Å². The zero-order valence-corrected chi connectivity index (χ0v) is 19.8. The minimum atomic E-state index is -1.22. The van der Waals surface area contributed by atoms with E-state index in [0.29, 0.717) is 0 Å². The van der Waals surface area contributed by atoms with Gasteiger partial charge in [-0.3, -0.25) is 0 Å². The summed E-state index contributed by atoms with van der Waals surface area (Å²) in [5.74, 6) is 0.768. The molecule has 1 aromatic heterocycles. The summed E-state index contributed by atoms with van der Waals surface area (Å²) in [6.07, 6.45) is 2.39. The first-order valence-corrected chi connectivity index (χ1v) is 12.7. The van der Waals surface area contributed by atoms with E-state index in [2.05, 4.69) is 86.1 Å². The van der Waals surface area contributed by atoms with Crippen LogP contribution in [0.25, 0.3) is 43.5 Å². The quantitative estimate of drug-likeness (QED) is 0.261. The van der Waals surface area contributed by atoms with Gasteiger partial charge in [-0.1, -0.05) is 55.5 Å². The maximum atomic E-state index is 6.83. The van der Waals surface area contributed by atoms with Crippen LogP contribution < -0.4 is 4.67 Å². The van der Waals surface area contributed by atoms with Gasteiger partial charge in [-0.05, 0) is 77.4 Å². The lowest BCUT2D eigenvalue weighted by Crippen LogP contribution is -2.30. The normalized spacial score (nSPS) is 15.8. The third-order valence-electron chi connectivity index (χ3n) is 6.95. The average Bonchev–Trinajstić information content (AvgIpc) is 2.99. The Labute approximate surface area is 189 Å². The predicted octanol–water partition coefficient (Wildman–Crippen LogP) is 8.58. The highest BCUT2D eigenvalue weighted by molar-refractivity contribution is 7.39. The van der Waals surface area contributed by atoms with Crippen LogP contribution in [0.3, 0.4) is 0 Å². The van der Waals surface area contributed by atoms with Gasteiger partial charge in [0.2, 0.25) is 0 Å². The highest BCUT2D eigenvalue weighted by Crippen LogP contribution is 2.44. The molecule has 0 unspecified atom stereocenters. The molecule has 0 amide bonds. The van der Waals surface area contributed by atoms with E-state index in [1.54, 1.807) is 0 Å². The van der Waals surface area contributed by atoms with Crippen molar-refractivity contribution in [1.29, 1.82) is 0 Å². The fourth-order valence-corrected chi connectivity index (χ4v) is 6.73. The molecule has 0 radical (unpaired) electrons. The molecular weight excluding hydrogens is 413 g/mol. The van der Waals surface area contributed by atoms with Crippen molar-refractivity contribution in [3.63, 3.8) is 0 Å². The molecule has 1 aliphatic rings. The summed E-state index contributed by atoms with van der Waals surface area (Å²) in [6, 6.07) is 21.8. The molecule has 5 aromatic rings. The van der Waals surface area contributed by atoms with Gasteiger partial charge in [-0.2, -0.15) is 0 Å². The third kappa shape index (κ3) is 3.15. The Kier molecular flexibility index (Phi) is 4.78. The monoisotopic (exact) mass is 441 g/mol. The second-order valence-corrected chi connectivity index (χ2v) is 10.7. The molecule has 32 heavy (non-hydrogen) atoms. The Balaban J connectivity index is 1.86. The second-order valence-electron chi connectivity index (χ2n) is 9.29. The summed E-state index contributed by atoms with van der Waals surface area (Å²) < 4.78 is 16.1.